The zero-order valence-corrected chi connectivity index (χ0v) is 7.56. The largest absolute Gasteiger partial charge is 0.422 e. The van der Waals surface area contributed by atoms with E-state index in [0.29, 0.717) is 6.07 Å². The molecule has 0 radical (unpaired) electrons. The number of benzene rings is 1. The van der Waals surface area contributed by atoms with E-state index in [4.69, 9.17) is 0 Å². The minimum absolute atomic E-state index is 0.142. The number of alkyl halides is 2. The molecule has 0 aliphatic rings. The number of carbonyl (C=O) groups excluding carboxylic acids is 1. The minimum Gasteiger partial charge on any atom is -0.247 e. The van der Waals surface area contributed by atoms with Gasteiger partial charge in [-0.3, -0.25) is 0 Å². The van der Waals surface area contributed by atoms with Gasteiger partial charge in [-0.2, -0.15) is 8.78 Å². The molecule has 0 amide bonds. The summed E-state index contributed by atoms with van der Waals surface area (Å²) in [5, 5.41) is 0. The molecule has 0 aliphatic heterocycles. The molecule has 2 nitrogen and oxygen atoms in total. The van der Waals surface area contributed by atoms with E-state index in [1.165, 1.54) is 6.92 Å². The molecule has 0 aromatic heterocycles. The Labute approximate surface area is 82.4 Å². The second-order valence-electron chi connectivity index (χ2n) is 2.90. The van der Waals surface area contributed by atoms with Gasteiger partial charge in [-0.15, -0.1) is 0 Å². The van der Waals surface area contributed by atoms with Gasteiger partial charge in [0.05, 0.1) is 0 Å². The Morgan fingerprint density at radius 2 is 2.00 bits per heavy atom. The number of hydrogen-bond donors (Lipinski definition) is 0. The average Bonchev–Trinajstić information content (AvgIpc) is 2.20. The van der Waals surface area contributed by atoms with Gasteiger partial charge in [0.25, 0.3) is 0 Å². The van der Waals surface area contributed by atoms with E-state index in [0.717, 1.165) is 12.1 Å². The van der Waals surface area contributed by atoms with Crippen molar-refractivity contribution in [3.8, 4) is 0 Å². The standard InChI is InChI=1S/C9H6F4O2/c1-5-2-3-6(4-7(5)10)9(11,12)8(14)15-13/h2-4H,1H3. The minimum atomic E-state index is -4.19. The molecule has 1 rings (SSSR count). The molecule has 1 aromatic rings. The second-order valence-corrected chi connectivity index (χ2v) is 2.90. The van der Waals surface area contributed by atoms with Crippen molar-refractivity contribution in [2.45, 2.75) is 12.8 Å². The molecule has 0 saturated heterocycles. The maximum atomic E-state index is 13.0. The van der Waals surface area contributed by atoms with Crippen LogP contribution in [-0.2, 0) is 15.7 Å². The third-order valence-corrected chi connectivity index (χ3v) is 1.86. The summed E-state index contributed by atoms with van der Waals surface area (Å²) in [6, 6.07) is 2.35. The fraction of sp³-hybridized carbons (Fsp3) is 0.222. The molecule has 1 aromatic carbocycles. The van der Waals surface area contributed by atoms with Gasteiger partial charge in [0, 0.05) is 10.1 Å². The van der Waals surface area contributed by atoms with Gasteiger partial charge in [-0.1, -0.05) is 12.1 Å². The fourth-order valence-electron chi connectivity index (χ4n) is 0.954. The van der Waals surface area contributed by atoms with Crippen LogP contribution >= 0.6 is 0 Å². The maximum Gasteiger partial charge on any atom is 0.422 e. The first-order valence-corrected chi connectivity index (χ1v) is 3.87. The average molecular weight is 222 g/mol. The van der Waals surface area contributed by atoms with Crippen molar-refractivity contribution in [3.05, 3.63) is 35.1 Å². The monoisotopic (exact) mass is 222 g/mol. The van der Waals surface area contributed by atoms with Gasteiger partial charge >= 0.3 is 11.9 Å². The number of halogens is 4. The second kappa shape index (κ2) is 3.88. The Hall–Kier alpha value is -1.59. The van der Waals surface area contributed by atoms with Crippen LogP contribution in [0, 0.1) is 12.7 Å². The number of rotatable bonds is 2. The van der Waals surface area contributed by atoms with Gasteiger partial charge in [-0.05, 0) is 18.6 Å². The lowest BCUT2D eigenvalue weighted by Crippen LogP contribution is -2.26. The highest BCUT2D eigenvalue weighted by molar-refractivity contribution is 5.78. The maximum absolute atomic E-state index is 13.0. The first-order chi connectivity index (χ1) is 6.89. The molecule has 0 spiro atoms. The SMILES string of the molecule is Cc1ccc(C(F)(F)C(=O)OF)cc1F. The van der Waals surface area contributed by atoms with Crippen LogP contribution in [0.3, 0.4) is 0 Å². The molecule has 0 N–H and O–H groups in total. The van der Waals surface area contributed by atoms with Crippen LogP contribution < -0.4 is 0 Å². The van der Waals surface area contributed by atoms with Crippen LogP contribution in [0.4, 0.5) is 17.7 Å². The van der Waals surface area contributed by atoms with Crippen molar-refractivity contribution < 1.29 is 27.4 Å². The van der Waals surface area contributed by atoms with E-state index in [1.807, 2.05) is 0 Å². The molecule has 0 atom stereocenters. The number of aryl methyl sites for hydroxylation is 1. The summed E-state index contributed by atoms with van der Waals surface area (Å²) >= 11 is 0. The fourth-order valence-corrected chi connectivity index (χ4v) is 0.954. The van der Waals surface area contributed by atoms with Crippen molar-refractivity contribution in [2.24, 2.45) is 0 Å². The van der Waals surface area contributed by atoms with Crippen LogP contribution in [0.25, 0.3) is 0 Å². The molecule has 0 heterocycles. The Bertz CT molecular complexity index is 390. The molecule has 0 saturated carbocycles. The van der Waals surface area contributed by atoms with E-state index in [-0.39, 0.29) is 5.56 Å². The van der Waals surface area contributed by atoms with Crippen LogP contribution in [0.2, 0.25) is 0 Å². The lowest BCUT2D eigenvalue weighted by Gasteiger charge is -2.12. The Kier molecular flexibility index (Phi) is 2.97. The van der Waals surface area contributed by atoms with E-state index in [2.05, 4.69) is 4.94 Å². The molecule has 0 aliphatic carbocycles. The highest BCUT2D eigenvalue weighted by atomic mass is 19.3. The lowest BCUT2D eigenvalue weighted by atomic mass is 10.1. The Morgan fingerprint density at radius 3 is 2.47 bits per heavy atom. The summed E-state index contributed by atoms with van der Waals surface area (Å²) in [5.41, 5.74) is -0.809. The topological polar surface area (TPSA) is 26.3 Å². The Morgan fingerprint density at radius 1 is 1.40 bits per heavy atom. The summed E-state index contributed by atoms with van der Waals surface area (Å²) < 4.78 is 50.2. The third kappa shape index (κ3) is 2.08. The van der Waals surface area contributed by atoms with Gasteiger partial charge in [0.1, 0.15) is 5.82 Å². The number of carbonyl (C=O) groups is 1. The van der Waals surface area contributed by atoms with Crippen LogP contribution in [0.15, 0.2) is 18.2 Å². The zero-order chi connectivity index (χ0) is 11.6. The normalized spacial score (nSPS) is 11.3. The van der Waals surface area contributed by atoms with E-state index in [1.54, 1.807) is 0 Å². The van der Waals surface area contributed by atoms with Crippen LogP contribution in [0.1, 0.15) is 11.1 Å². The smallest absolute Gasteiger partial charge is 0.247 e. The van der Waals surface area contributed by atoms with E-state index < -0.39 is 23.3 Å². The van der Waals surface area contributed by atoms with Gasteiger partial charge in [-0.25, -0.2) is 14.1 Å². The molecular weight excluding hydrogens is 216 g/mol. The van der Waals surface area contributed by atoms with Crippen molar-refractivity contribution in [3.63, 3.8) is 0 Å². The third-order valence-electron chi connectivity index (χ3n) is 1.86. The first-order valence-electron chi connectivity index (χ1n) is 3.87. The van der Waals surface area contributed by atoms with Crippen molar-refractivity contribution in [2.75, 3.05) is 0 Å². The highest BCUT2D eigenvalue weighted by Gasteiger charge is 2.44. The molecule has 15 heavy (non-hydrogen) atoms. The molecule has 6 heteroatoms. The Balaban J connectivity index is 3.16. The summed E-state index contributed by atoms with van der Waals surface area (Å²) in [4.78, 5) is 12.8. The lowest BCUT2D eigenvalue weighted by molar-refractivity contribution is -0.213. The molecular formula is C9H6F4O2. The molecule has 0 fully saturated rings. The summed E-state index contributed by atoms with van der Waals surface area (Å²) in [6.07, 6.45) is 0. The van der Waals surface area contributed by atoms with Crippen LogP contribution in [-0.4, -0.2) is 5.97 Å². The van der Waals surface area contributed by atoms with Gasteiger partial charge in [0.15, 0.2) is 0 Å². The number of hydrogen-bond acceptors (Lipinski definition) is 2. The van der Waals surface area contributed by atoms with Crippen molar-refractivity contribution in [1.82, 2.24) is 0 Å². The predicted molar refractivity (Wildman–Crippen MR) is 42.2 cm³/mol. The summed E-state index contributed by atoms with van der Waals surface area (Å²) in [7, 11) is 0. The quantitative estimate of drug-likeness (QED) is 0.719. The molecule has 0 bridgehead atoms. The summed E-state index contributed by atoms with van der Waals surface area (Å²) in [5.74, 6) is -7.46. The van der Waals surface area contributed by atoms with Gasteiger partial charge in [0.2, 0.25) is 0 Å². The predicted octanol–water partition coefficient (Wildman–Crippen LogP) is 2.65. The molecule has 0 unspecified atom stereocenters. The van der Waals surface area contributed by atoms with Gasteiger partial charge < -0.3 is 0 Å². The van der Waals surface area contributed by atoms with E-state index in [9.17, 15) is 22.5 Å². The highest BCUT2D eigenvalue weighted by Crippen LogP contribution is 2.30. The van der Waals surface area contributed by atoms with E-state index >= 15 is 0 Å². The van der Waals surface area contributed by atoms with Crippen molar-refractivity contribution >= 4 is 5.97 Å². The van der Waals surface area contributed by atoms with Crippen molar-refractivity contribution in [1.29, 1.82) is 0 Å². The molecule has 82 valence electrons. The first kappa shape index (κ1) is 11.5. The summed E-state index contributed by atoms with van der Waals surface area (Å²) in [6.45, 7) is 1.37. The zero-order valence-electron chi connectivity index (χ0n) is 7.56. The van der Waals surface area contributed by atoms with Crippen LogP contribution in [0.5, 0.6) is 0 Å².